The highest BCUT2D eigenvalue weighted by Gasteiger charge is 2.40. The molecule has 0 spiro atoms. The van der Waals surface area contributed by atoms with Crippen molar-refractivity contribution in [3.63, 3.8) is 0 Å². The van der Waals surface area contributed by atoms with Crippen LogP contribution >= 0.6 is 23.2 Å². The lowest BCUT2D eigenvalue weighted by molar-refractivity contribution is 0.0440. The first-order valence-corrected chi connectivity index (χ1v) is 6.76. The van der Waals surface area contributed by atoms with E-state index in [9.17, 15) is 22.8 Å². The molecule has 0 bridgehead atoms. The molecule has 0 aliphatic carbocycles. The van der Waals surface area contributed by atoms with Crippen molar-refractivity contribution in [1.82, 2.24) is 0 Å². The summed E-state index contributed by atoms with van der Waals surface area (Å²) in [6.45, 7) is 0. The molecule has 1 heterocycles. The van der Waals surface area contributed by atoms with Gasteiger partial charge in [0.25, 0.3) is 0 Å². The Hall–Kier alpha value is -2.25. The van der Waals surface area contributed by atoms with Gasteiger partial charge in [-0.2, -0.15) is 0 Å². The molecule has 1 aliphatic heterocycles. The van der Waals surface area contributed by atoms with Gasteiger partial charge in [0.05, 0.1) is 15.7 Å². The lowest BCUT2D eigenvalue weighted by Gasteiger charge is -2.13. The van der Waals surface area contributed by atoms with E-state index in [-0.39, 0.29) is 15.7 Å². The summed E-state index contributed by atoms with van der Waals surface area (Å²) in [5, 5.41) is 2.23. The van der Waals surface area contributed by atoms with E-state index in [1.807, 2.05) is 0 Å². The summed E-state index contributed by atoms with van der Waals surface area (Å²) in [6.07, 6.45) is 0. The number of ether oxygens (including phenoxy) is 1. The van der Waals surface area contributed by atoms with Gasteiger partial charge in [0.15, 0.2) is 17.5 Å². The lowest BCUT2D eigenvalue weighted by atomic mass is 10.1. The molecule has 0 amide bonds. The highest BCUT2D eigenvalue weighted by molar-refractivity contribution is 6.39. The Morgan fingerprint density at radius 2 is 1.35 bits per heavy atom. The van der Waals surface area contributed by atoms with Crippen molar-refractivity contribution in [1.29, 1.82) is 0 Å². The molecule has 0 saturated heterocycles. The van der Waals surface area contributed by atoms with E-state index in [1.54, 1.807) is 0 Å². The van der Waals surface area contributed by atoms with Crippen molar-refractivity contribution in [2.45, 2.75) is 0 Å². The van der Waals surface area contributed by atoms with Crippen LogP contribution in [0.2, 0.25) is 10.0 Å². The van der Waals surface area contributed by atoms with E-state index in [2.05, 4.69) is 10.1 Å². The number of anilines is 2. The Morgan fingerprint density at radius 3 is 1.91 bits per heavy atom. The number of hydrogen-bond acceptors (Lipinski definition) is 4. The maximum absolute atomic E-state index is 14.4. The fraction of sp³-hybridized carbons (Fsp3) is 0. The predicted molar refractivity (Wildman–Crippen MR) is 75.8 cm³/mol. The van der Waals surface area contributed by atoms with Gasteiger partial charge in [0.2, 0.25) is 0 Å². The lowest BCUT2D eigenvalue weighted by Crippen LogP contribution is -2.09. The second-order valence-corrected chi connectivity index (χ2v) is 5.28. The zero-order chi connectivity index (χ0) is 16.9. The van der Waals surface area contributed by atoms with Crippen molar-refractivity contribution in [3.8, 4) is 0 Å². The highest BCUT2D eigenvalue weighted by Crippen LogP contribution is 2.38. The van der Waals surface area contributed by atoms with Crippen molar-refractivity contribution in [2.24, 2.45) is 0 Å². The van der Waals surface area contributed by atoms with Gasteiger partial charge < -0.3 is 10.1 Å². The number of hydrogen-bond donors (Lipinski definition) is 1. The average Bonchev–Trinajstić information content (AvgIpc) is 2.78. The van der Waals surface area contributed by atoms with Gasteiger partial charge >= 0.3 is 11.9 Å². The van der Waals surface area contributed by atoms with Crippen molar-refractivity contribution >= 4 is 46.5 Å². The van der Waals surface area contributed by atoms with E-state index >= 15 is 0 Å². The van der Waals surface area contributed by atoms with E-state index < -0.39 is 46.2 Å². The molecule has 0 saturated carbocycles. The average molecular weight is 362 g/mol. The van der Waals surface area contributed by atoms with E-state index in [1.165, 1.54) is 18.2 Å². The topological polar surface area (TPSA) is 55.4 Å². The minimum atomic E-state index is -1.71. The first kappa shape index (κ1) is 15.6. The maximum atomic E-state index is 14.4. The van der Waals surface area contributed by atoms with Crippen LogP contribution in [0.15, 0.2) is 18.2 Å². The third kappa shape index (κ3) is 2.32. The number of esters is 2. The predicted octanol–water partition coefficient (Wildman–Crippen LogP) is 4.46. The summed E-state index contributed by atoms with van der Waals surface area (Å²) in [5.41, 5.74) is -3.17. The maximum Gasteiger partial charge on any atom is 0.350 e. The molecule has 0 aromatic heterocycles. The number of halogens is 5. The molecule has 0 unspecified atom stereocenters. The number of fused-ring (bicyclic) bond motifs is 1. The van der Waals surface area contributed by atoms with Gasteiger partial charge in [-0.3, -0.25) is 0 Å². The zero-order valence-corrected chi connectivity index (χ0v) is 12.4. The first-order valence-electron chi connectivity index (χ1n) is 6.01. The van der Waals surface area contributed by atoms with E-state index in [4.69, 9.17) is 23.2 Å². The number of carbonyl (C=O) groups excluding carboxylic acids is 2. The number of nitrogens with one attached hydrogen (secondary N) is 1. The molecule has 118 valence electrons. The molecule has 4 nitrogen and oxygen atoms in total. The number of para-hydroxylation sites is 1. The quantitative estimate of drug-likeness (QED) is 0.487. The molecule has 2 aromatic rings. The highest BCUT2D eigenvalue weighted by atomic mass is 35.5. The molecule has 9 heteroatoms. The Kier molecular flexibility index (Phi) is 3.69. The van der Waals surface area contributed by atoms with Crippen LogP contribution in [-0.4, -0.2) is 11.9 Å². The van der Waals surface area contributed by atoms with E-state index in [0.717, 1.165) is 0 Å². The molecule has 0 atom stereocenters. The molecule has 1 N–H and O–H groups in total. The summed E-state index contributed by atoms with van der Waals surface area (Å²) in [4.78, 5) is 22.7. The molecule has 0 radical (unpaired) electrons. The van der Waals surface area contributed by atoms with Crippen LogP contribution in [0.1, 0.15) is 20.7 Å². The molecular formula is C14H4Cl2F3NO3. The Balaban J connectivity index is 2.23. The molecule has 3 rings (SSSR count). The molecule has 2 aromatic carbocycles. The monoisotopic (exact) mass is 361 g/mol. The standard InChI is InChI=1S/C14H4Cl2F3NO3/c15-4-2-1-3-5(16)11(4)20-12-9(18)7-6(8(17)10(12)19)13(21)23-14(7)22/h1-3,20H. The van der Waals surface area contributed by atoms with Crippen LogP contribution in [0.4, 0.5) is 24.5 Å². The zero-order valence-electron chi connectivity index (χ0n) is 10.8. The van der Waals surface area contributed by atoms with Gasteiger partial charge in [0, 0.05) is 0 Å². The fourth-order valence-electron chi connectivity index (χ4n) is 2.08. The Bertz CT molecular complexity index is 866. The van der Waals surface area contributed by atoms with Crippen LogP contribution < -0.4 is 5.32 Å². The minimum absolute atomic E-state index is 0.0101. The van der Waals surface area contributed by atoms with Gasteiger partial charge in [-0.1, -0.05) is 29.3 Å². The number of benzene rings is 2. The van der Waals surface area contributed by atoms with Crippen LogP contribution in [0.25, 0.3) is 0 Å². The Labute approximate surface area is 136 Å². The fourth-order valence-corrected chi connectivity index (χ4v) is 2.57. The third-order valence-electron chi connectivity index (χ3n) is 3.13. The van der Waals surface area contributed by atoms with Gasteiger partial charge in [-0.25, -0.2) is 22.8 Å². The molecule has 0 fully saturated rings. The number of cyclic esters (lactones) is 2. The smallest absolute Gasteiger partial charge is 0.350 e. The minimum Gasteiger partial charge on any atom is -0.385 e. The third-order valence-corrected chi connectivity index (χ3v) is 3.76. The SMILES string of the molecule is O=C1OC(=O)c2c(F)c(Nc3c(Cl)cccc3Cl)c(F)c(F)c21. The van der Waals surface area contributed by atoms with E-state index in [0.29, 0.717) is 0 Å². The normalized spacial score (nSPS) is 13.1. The van der Waals surface area contributed by atoms with Crippen LogP contribution in [0.3, 0.4) is 0 Å². The van der Waals surface area contributed by atoms with Crippen molar-refractivity contribution < 1.29 is 27.5 Å². The summed E-state index contributed by atoms with van der Waals surface area (Å²) in [7, 11) is 0. The largest absolute Gasteiger partial charge is 0.385 e. The summed E-state index contributed by atoms with van der Waals surface area (Å²) < 4.78 is 46.5. The van der Waals surface area contributed by atoms with Crippen LogP contribution in [0.5, 0.6) is 0 Å². The summed E-state index contributed by atoms with van der Waals surface area (Å²) in [6, 6.07) is 4.25. The summed E-state index contributed by atoms with van der Waals surface area (Å²) in [5.74, 6) is -7.75. The molecular weight excluding hydrogens is 358 g/mol. The number of rotatable bonds is 2. The van der Waals surface area contributed by atoms with Gasteiger partial charge in [-0.15, -0.1) is 0 Å². The molecule has 1 aliphatic rings. The van der Waals surface area contributed by atoms with Gasteiger partial charge in [0.1, 0.15) is 16.8 Å². The van der Waals surface area contributed by atoms with Crippen molar-refractivity contribution in [3.05, 3.63) is 56.8 Å². The second kappa shape index (κ2) is 5.43. The van der Waals surface area contributed by atoms with Crippen LogP contribution in [0, 0.1) is 17.5 Å². The number of carbonyl (C=O) groups is 2. The van der Waals surface area contributed by atoms with Crippen molar-refractivity contribution in [2.75, 3.05) is 5.32 Å². The second-order valence-electron chi connectivity index (χ2n) is 4.47. The molecule has 23 heavy (non-hydrogen) atoms. The van der Waals surface area contributed by atoms with Crippen LogP contribution in [-0.2, 0) is 4.74 Å². The first-order chi connectivity index (χ1) is 10.8. The Morgan fingerprint density at radius 1 is 0.826 bits per heavy atom. The summed E-state index contributed by atoms with van der Waals surface area (Å²) >= 11 is 11.7. The van der Waals surface area contributed by atoms with Gasteiger partial charge in [-0.05, 0) is 12.1 Å².